The number of carbonyl (C=O) groups is 1. The van der Waals surface area contributed by atoms with Crippen molar-refractivity contribution in [1.82, 2.24) is 15.1 Å². The van der Waals surface area contributed by atoms with Crippen molar-refractivity contribution < 1.29 is 9.90 Å². The molecule has 6 heteroatoms. The van der Waals surface area contributed by atoms with Gasteiger partial charge in [-0.05, 0) is 12.1 Å². The summed E-state index contributed by atoms with van der Waals surface area (Å²) in [6, 6.07) is 3.56. The summed E-state index contributed by atoms with van der Waals surface area (Å²) in [7, 11) is 1.74. The molecule has 0 saturated carbocycles. The number of carbonyl (C=O) groups excluding carboxylic acids is 1. The Morgan fingerprint density at radius 2 is 2.35 bits per heavy atom. The molecule has 2 heterocycles. The summed E-state index contributed by atoms with van der Waals surface area (Å²) >= 11 is 1.53. The first kappa shape index (κ1) is 14.2. The molecule has 1 N–H and O–H groups in total. The zero-order valence-corrected chi connectivity index (χ0v) is 11.7. The van der Waals surface area contributed by atoms with Gasteiger partial charge in [-0.2, -0.15) is 10.2 Å². The molecule has 0 aliphatic carbocycles. The molecule has 102 valence electrons. The molecule has 2 rings (SSSR count). The summed E-state index contributed by atoms with van der Waals surface area (Å²) in [5, 5.41) is 17.9. The van der Waals surface area contributed by atoms with Crippen LogP contribution in [0, 0.1) is 11.8 Å². The first-order chi connectivity index (χ1) is 9.70. The van der Waals surface area contributed by atoms with Crippen LogP contribution in [0.4, 0.5) is 0 Å². The monoisotopic (exact) mass is 287 g/mol. The van der Waals surface area contributed by atoms with E-state index >= 15 is 0 Å². The fraction of sp³-hybridized carbons (Fsp3) is 0.214. The lowest BCUT2D eigenvalue weighted by Gasteiger charge is -2.15. The highest BCUT2D eigenvalue weighted by molar-refractivity contribution is 7.10. The molecule has 0 unspecified atom stereocenters. The van der Waals surface area contributed by atoms with Crippen molar-refractivity contribution in [3.05, 3.63) is 45.9 Å². The van der Waals surface area contributed by atoms with Gasteiger partial charge in [-0.15, -0.1) is 11.3 Å². The van der Waals surface area contributed by atoms with Gasteiger partial charge in [0.1, 0.15) is 6.61 Å². The zero-order valence-electron chi connectivity index (χ0n) is 10.9. The highest BCUT2D eigenvalue weighted by Crippen LogP contribution is 2.16. The van der Waals surface area contributed by atoms with Crippen molar-refractivity contribution >= 4 is 17.2 Å². The molecule has 20 heavy (non-hydrogen) atoms. The maximum atomic E-state index is 12.1. The van der Waals surface area contributed by atoms with Crippen molar-refractivity contribution in [3.63, 3.8) is 0 Å². The zero-order chi connectivity index (χ0) is 14.4. The van der Waals surface area contributed by atoms with E-state index in [9.17, 15) is 4.79 Å². The van der Waals surface area contributed by atoms with Crippen molar-refractivity contribution in [1.29, 1.82) is 0 Å². The lowest BCUT2D eigenvalue weighted by molar-refractivity contribution is 0.0786. The van der Waals surface area contributed by atoms with Crippen LogP contribution < -0.4 is 0 Å². The normalized spacial score (nSPS) is 9.70. The number of rotatable bonds is 3. The molecule has 0 atom stereocenters. The quantitative estimate of drug-likeness (QED) is 0.860. The molecule has 5 nitrogen and oxygen atoms in total. The second kappa shape index (κ2) is 6.80. The molecule has 0 aliphatic rings. The number of hydrogen-bond donors (Lipinski definition) is 1. The van der Waals surface area contributed by atoms with Crippen LogP contribution in [0.3, 0.4) is 0 Å². The summed E-state index contributed by atoms with van der Waals surface area (Å²) in [6.45, 7) is 0.352. The molecule has 0 aromatic carbocycles. The molecule has 0 fully saturated rings. The molecular formula is C14H13N3O2S. The van der Waals surface area contributed by atoms with Gasteiger partial charge in [0.25, 0.3) is 5.91 Å². The van der Waals surface area contributed by atoms with Gasteiger partial charge in [-0.3, -0.25) is 4.79 Å². The van der Waals surface area contributed by atoms with Gasteiger partial charge in [-0.25, -0.2) is 0 Å². The maximum Gasteiger partial charge on any atom is 0.255 e. The van der Waals surface area contributed by atoms with Crippen LogP contribution >= 0.6 is 11.3 Å². The van der Waals surface area contributed by atoms with Gasteiger partial charge in [0.2, 0.25) is 0 Å². The molecule has 0 spiro atoms. The van der Waals surface area contributed by atoms with E-state index in [1.54, 1.807) is 18.0 Å². The third kappa shape index (κ3) is 3.63. The van der Waals surface area contributed by atoms with E-state index in [0.717, 1.165) is 10.4 Å². The fourth-order valence-electron chi connectivity index (χ4n) is 1.61. The van der Waals surface area contributed by atoms with Crippen LogP contribution in [0.1, 0.15) is 20.8 Å². The van der Waals surface area contributed by atoms with Crippen LogP contribution in [-0.4, -0.2) is 39.8 Å². The first-order valence-electron chi connectivity index (χ1n) is 5.90. The molecule has 0 saturated heterocycles. The molecule has 1 amide bonds. The number of hydrogen-bond acceptors (Lipinski definition) is 5. The molecule has 0 radical (unpaired) electrons. The number of aromatic nitrogens is 2. The number of thiophene rings is 1. The van der Waals surface area contributed by atoms with E-state index in [2.05, 4.69) is 22.0 Å². The molecule has 0 aliphatic heterocycles. The number of amides is 1. The standard InChI is InChI=1S/C14H13N3O2S/c1-17(14(19)12-4-5-15-16-8-12)9-13-7-11(10-20-13)3-2-6-18/h4-5,7-8,10,18H,6,9H2,1H3. The first-order valence-corrected chi connectivity index (χ1v) is 6.78. The second-order valence-corrected chi connectivity index (χ2v) is 5.05. The summed E-state index contributed by atoms with van der Waals surface area (Å²) in [5.74, 6) is 5.33. The number of aliphatic hydroxyl groups is 1. The average Bonchev–Trinajstić information content (AvgIpc) is 2.92. The van der Waals surface area contributed by atoms with Crippen molar-refractivity contribution in [3.8, 4) is 11.8 Å². The van der Waals surface area contributed by atoms with E-state index in [1.165, 1.54) is 23.7 Å². The molecule has 2 aromatic rings. The van der Waals surface area contributed by atoms with Crippen LogP contribution in [0.2, 0.25) is 0 Å². The fourth-order valence-corrected chi connectivity index (χ4v) is 2.48. The van der Waals surface area contributed by atoms with Gasteiger partial charge in [-0.1, -0.05) is 11.8 Å². The van der Waals surface area contributed by atoms with Crippen LogP contribution in [0.15, 0.2) is 29.9 Å². The van der Waals surface area contributed by atoms with E-state index in [-0.39, 0.29) is 12.5 Å². The smallest absolute Gasteiger partial charge is 0.255 e. The van der Waals surface area contributed by atoms with E-state index in [4.69, 9.17) is 5.11 Å². The Bertz CT molecular complexity index is 643. The Morgan fingerprint density at radius 3 is 3.05 bits per heavy atom. The van der Waals surface area contributed by atoms with Gasteiger partial charge in [0, 0.05) is 22.9 Å². The summed E-state index contributed by atoms with van der Waals surface area (Å²) in [5.41, 5.74) is 1.37. The third-order valence-corrected chi connectivity index (χ3v) is 3.46. The van der Waals surface area contributed by atoms with Crippen LogP contribution in [-0.2, 0) is 6.54 Å². The number of aliphatic hydroxyl groups excluding tert-OH is 1. The van der Waals surface area contributed by atoms with Gasteiger partial charge < -0.3 is 10.0 Å². The van der Waals surface area contributed by atoms with Crippen molar-refractivity contribution in [2.24, 2.45) is 0 Å². The van der Waals surface area contributed by atoms with Crippen LogP contribution in [0.5, 0.6) is 0 Å². The lowest BCUT2D eigenvalue weighted by atomic mass is 10.2. The predicted molar refractivity (Wildman–Crippen MR) is 76.1 cm³/mol. The van der Waals surface area contributed by atoms with Crippen LogP contribution in [0.25, 0.3) is 0 Å². The van der Waals surface area contributed by atoms with Crippen molar-refractivity contribution in [2.45, 2.75) is 6.54 Å². The molecule has 0 bridgehead atoms. The average molecular weight is 287 g/mol. The summed E-state index contributed by atoms with van der Waals surface area (Å²) in [4.78, 5) is 14.8. The van der Waals surface area contributed by atoms with Gasteiger partial charge >= 0.3 is 0 Å². The maximum absolute atomic E-state index is 12.1. The Balaban J connectivity index is 2.02. The van der Waals surface area contributed by atoms with Crippen molar-refractivity contribution in [2.75, 3.05) is 13.7 Å². The third-order valence-electron chi connectivity index (χ3n) is 2.54. The van der Waals surface area contributed by atoms with Gasteiger partial charge in [0.15, 0.2) is 0 Å². The predicted octanol–water partition coefficient (Wildman–Crippen LogP) is 1.15. The topological polar surface area (TPSA) is 66.3 Å². The Kier molecular flexibility index (Phi) is 4.82. The van der Waals surface area contributed by atoms with E-state index in [1.807, 2.05) is 11.4 Å². The minimum absolute atomic E-state index is 0.101. The van der Waals surface area contributed by atoms with Gasteiger partial charge in [0.05, 0.1) is 24.5 Å². The molecular weight excluding hydrogens is 274 g/mol. The second-order valence-electron chi connectivity index (χ2n) is 4.05. The summed E-state index contributed by atoms with van der Waals surface area (Å²) in [6.07, 6.45) is 2.94. The van der Waals surface area contributed by atoms with E-state index in [0.29, 0.717) is 12.1 Å². The molecule has 2 aromatic heterocycles. The Labute approximate surface area is 120 Å². The minimum atomic E-state index is -0.154. The Morgan fingerprint density at radius 1 is 1.50 bits per heavy atom. The Hall–Kier alpha value is -2.23. The largest absolute Gasteiger partial charge is 0.384 e. The SMILES string of the molecule is CN(Cc1cc(C#CCO)cs1)C(=O)c1ccnnc1. The summed E-state index contributed by atoms with van der Waals surface area (Å²) < 4.78 is 0. The number of nitrogens with zero attached hydrogens (tertiary/aromatic N) is 3. The lowest BCUT2D eigenvalue weighted by Crippen LogP contribution is -2.25. The minimum Gasteiger partial charge on any atom is -0.384 e. The van der Waals surface area contributed by atoms with E-state index < -0.39 is 0 Å². The highest BCUT2D eigenvalue weighted by atomic mass is 32.1. The highest BCUT2D eigenvalue weighted by Gasteiger charge is 2.12.